The number of nitrogens with zero attached hydrogens (tertiary/aromatic N) is 2. The number of carbonyl (C=O) groups excluding carboxylic acids is 1. The number of carbonyl (C=O) groups is 1. The van der Waals surface area contributed by atoms with E-state index in [0.717, 1.165) is 28.8 Å². The second-order valence-corrected chi connectivity index (χ2v) is 6.39. The zero-order valence-electron chi connectivity index (χ0n) is 13.3. The van der Waals surface area contributed by atoms with Crippen LogP contribution in [0, 0.1) is 0 Å². The molecule has 0 unspecified atom stereocenters. The highest BCUT2D eigenvalue weighted by Crippen LogP contribution is 2.23. The summed E-state index contributed by atoms with van der Waals surface area (Å²) in [5, 5.41) is 4.80. The molecule has 3 rings (SSSR count). The van der Waals surface area contributed by atoms with Gasteiger partial charge in [-0.1, -0.05) is 60.3 Å². The van der Waals surface area contributed by atoms with E-state index in [9.17, 15) is 4.79 Å². The quantitative estimate of drug-likeness (QED) is 0.407. The number of fused-ring (bicyclic) bond motifs is 1. The van der Waals surface area contributed by atoms with Crippen LogP contribution in [0.4, 0.5) is 0 Å². The lowest BCUT2D eigenvalue weighted by Gasteiger charge is -2.06. The first-order valence-corrected chi connectivity index (χ1v) is 8.94. The van der Waals surface area contributed by atoms with Gasteiger partial charge in [0.1, 0.15) is 11.4 Å². The predicted octanol–water partition coefficient (Wildman–Crippen LogP) is 3.47. The van der Waals surface area contributed by atoms with Gasteiger partial charge in [0, 0.05) is 11.9 Å². The van der Waals surface area contributed by atoms with Gasteiger partial charge < -0.3 is 5.32 Å². The van der Waals surface area contributed by atoms with E-state index < -0.39 is 0 Å². The lowest BCUT2D eigenvalue weighted by atomic mass is 10.1. The van der Waals surface area contributed by atoms with Crippen molar-refractivity contribution in [1.29, 1.82) is 0 Å². The van der Waals surface area contributed by atoms with E-state index in [4.69, 9.17) is 0 Å². The van der Waals surface area contributed by atoms with Crippen LogP contribution in [0.15, 0.2) is 66.0 Å². The highest BCUT2D eigenvalue weighted by molar-refractivity contribution is 8.00. The fourth-order valence-electron chi connectivity index (χ4n) is 2.45. The van der Waals surface area contributed by atoms with Gasteiger partial charge in [-0.05, 0) is 24.5 Å². The zero-order valence-corrected chi connectivity index (χ0v) is 14.1. The van der Waals surface area contributed by atoms with Gasteiger partial charge in [-0.2, -0.15) is 0 Å². The van der Waals surface area contributed by atoms with Crippen molar-refractivity contribution in [3.63, 3.8) is 0 Å². The smallest absolute Gasteiger partial charge is 0.230 e. The number of thioether (sulfide) groups is 1. The minimum atomic E-state index is 0.0377. The molecule has 2 aromatic carbocycles. The third kappa shape index (κ3) is 4.55. The van der Waals surface area contributed by atoms with Crippen LogP contribution in [-0.4, -0.2) is 28.2 Å². The minimum Gasteiger partial charge on any atom is -0.355 e. The highest BCUT2D eigenvalue weighted by atomic mass is 32.2. The van der Waals surface area contributed by atoms with Crippen LogP contribution < -0.4 is 5.32 Å². The Balaban J connectivity index is 1.44. The van der Waals surface area contributed by atoms with E-state index in [-0.39, 0.29) is 5.91 Å². The maximum atomic E-state index is 12.0. The highest BCUT2D eigenvalue weighted by Gasteiger charge is 2.07. The summed E-state index contributed by atoms with van der Waals surface area (Å²) >= 11 is 1.45. The molecule has 0 fully saturated rings. The summed E-state index contributed by atoms with van der Waals surface area (Å²) in [6, 6.07) is 18.1. The molecule has 122 valence electrons. The first-order chi connectivity index (χ1) is 11.8. The Morgan fingerprint density at radius 1 is 1.00 bits per heavy atom. The van der Waals surface area contributed by atoms with Crippen LogP contribution in [0.1, 0.15) is 12.0 Å². The Bertz CT molecular complexity index is 803. The second-order valence-electron chi connectivity index (χ2n) is 5.42. The molecule has 4 nitrogen and oxygen atoms in total. The van der Waals surface area contributed by atoms with Crippen LogP contribution in [0.25, 0.3) is 10.9 Å². The van der Waals surface area contributed by atoms with Crippen molar-refractivity contribution in [2.24, 2.45) is 0 Å². The molecule has 1 heterocycles. The summed E-state index contributed by atoms with van der Waals surface area (Å²) in [5.74, 6) is 0.405. The Morgan fingerprint density at radius 3 is 2.67 bits per heavy atom. The third-order valence-electron chi connectivity index (χ3n) is 3.65. The van der Waals surface area contributed by atoms with Crippen molar-refractivity contribution in [1.82, 2.24) is 15.3 Å². The monoisotopic (exact) mass is 337 g/mol. The number of para-hydroxylation sites is 1. The van der Waals surface area contributed by atoms with Crippen LogP contribution in [0.3, 0.4) is 0 Å². The van der Waals surface area contributed by atoms with E-state index >= 15 is 0 Å². The van der Waals surface area contributed by atoms with Gasteiger partial charge in [0.05, 0.1) is 11.3 Å². The van der Waals surface area contributed by atoms with Crippen molar-refractivity contribution in [2.75, 3.05) is 12.3 Å². The van der Waals surface area contributed by atoms with Crippen LogP contribution >= 0.6 is 11.8 Å². The Hall–Kier alpha value is -2.40. The summed E-state index contributed by atoms with van der Waals surface area (Å²) in [5.41, 5.74) is 2.20. The molecule has 0 bridgehead atoms. The first kappa shape index (κ1) is 16.5. The van der Waals surface area contributed by atoms with Gasteiger partial charge in [0.2, 0.25) is 5.91 Å². The maximum Gasteiger partial charge on any atom is 0.230 e. The van der Waals surface area contributed by atoms with Crippen molar-refractivity contribution in [2.45, 2.75) is 17.9 Å². The van der Waals surface area contributed by atoms with Crippen molar-refractivity contribution >= 4 is 28.6 Å². The molecule has 0 radical (unpaired) electrons. The van der Waals surface area contributed by atoms with Gasteiger partial charge in [0.25, 0.3) is 0 Å². The number of amides is 1. The average molecular weight is 337 g/mol. The molecule has 24 heavy (non-hydrogen) atoms. The predicted molar refractivity (Wildman–Crippen MR) is 98.0 cm³/mol. The Kier molecular flexibility index (Phi) is 5.80. The molecule has 0 atom stereocenters. The molecule has 1 amide bonds. The number of hydrogen-bond donors (Lipinski definition) is 1. The summed E-state index contributed by atoms with van der Waals surface area (Å²) in [4.78, 5) is 20.5. The van der Waals surface area contributed by atoms with E-state index in [1.165, 1.54) is 17.3 Å². The molecule has 0 saturated carbocycles. The summed E-state index contributed by atoms with van der Waals surface area (Å²) in [6.45, 7) is 0.693. The van der Waals surface area contributed by atoms with Crippen molar-refractivity contribution in [3.05, 3.63) is 66.5 Å². The SMILES string of the molecule is O=C(CSc1ncnc2ccccc12)NCCCc1ccccc1. The largest absolute Gasteiger partial charge is 0.355 e. The van der Waals surface area contributed by atoms with Gasteiger partial charge in [-0.3, -0.25) is 4.79 Å². The van der Waals surface area contributed by atoms with Gasteiger partial charge >= 0.3 is 0 Å². The molecule has 0 aliphatic heterocycles. The lowest BCUT2D eigenvalue weighted by molar-refractivity contribution is -0.118. The fraction of sp³-hybridized carbons (Fsp3) is 0.211. The summed E-state index contributed by atoms with van der Waals surface area (Å²) in [7, 11) is 0. The third-order valence-corrected chi connectivity index (χ3v) is 4.66. The topological polar surface area (TPSA) is 54.9 Å². The molecule has 0 aliphatic carbocycles. The molecule has 0 saturated heterocycles. The Labute approximate surface area is 145 Å². The van der Waals surface area contributed by atoms with Gasteiger partial charge in [-0.25, -0.2) is 9.97 Å². The number of nitrogens with one attached hydrogen (secondary N) is 1. The van der Waals surface area contributed by atoms with Crippen LogP contribution in [0.5, 0.6) is 0 Å². The second kappa shape index (κ2) is 8.45. The van der Waals surface area contributed by atoms with E-state index in [1.807, 2.05) is 42.5 Å². The molecular formula is C19H19N3OS. The van der Waals surface area contributed by atoms with Gasteiger partial charge in [0.15, 0.2) is 0 Å². The fourth-order valence-corrected chi connectivity index (χ4v) is 3.26. The normalized spacial score (nSPS) is 10.7. The number of aromatic nitrogens is 2. The van der Waals surface area contributed by atoms with E-state index in [2.05, 4.69) is 27.4 Å². The minimum absolute atomic E-state index is 0.0377. The number of benzene rings is 2. The molecule has 0 aliphatic rings. The number of aryl methyl sites for hydroxylation is 1. The van der Waals surface area contributed by atoms with Crippen molar-refractivity contribution in [3.8, 4) is 0 Å². The standard InChI is InChI=1S/C19H19N3OS/c23-18(20-12-6-9-15-7-2-1-3-8-15)13-24-19-16-10-4-5-11-17(16)21-14-22-19/h1-5,7-8,10-11,14H,6,9,12-13H2,(H,20,23). The molecular weight excluding hydrogens is 318 g/mol. The maximum absolute atomic E-state index is 12.0. The summed E-state index contributed by atoms with van der Waals surface area (Å²) in [6.07, 6.45) is 3.46. The summed E-state index contributed by atoms with van der Waals surface area (Å²) < 4.78 is 0. The molecule has 1 aromatic heterocycles. The van der Waals surface area contributed by atoms with Crippen LogP contribution in [-0.2, 0) is 11.2 Å². The first-order valence-electron chi connectivity index (χ1n) is 7.96. The molecule has 3 aromatic rings. The number of hydrogen-bond acceptors (Lipinski definition) is 4. The molecule has 5 heteroatoms. The number of rotatable bonds is 7. The van der Waals surface area contributed by atoms with Crippen molar-refractivity contribution < 1.29 is 4.79 Å². The zero-order chi connectivity index (χ0) is 16.6. The lowest BCUT2D eigenvalue weighted by Crippen LogP contribution is -2.26. The van der Waals surface area contributed by atoms with Gasteiger partial charge in [-0.15, -0.1) is 0 Å². The van der Waals surface area contributed by atoms with Crippen LogP contribution in [0.2, 0.25) is 0 Å². The Morgan fingerprint density at radius 2 is 1.79 bits per heavy atom. The van der Waals surface area contributed by atoms with E-state index in [0.29, 0.717) is 12.3 Å². The molecule has 0 spiro atoms. The molecule has 1 N–H and O–H groups in total. The van der Waals surface area contributed by atoms with E-state index in [1.54, 1.807) is 6.33 Å². The average Bonchev–Trinajstić information content (AvgIpc) is 2.64.